The SMILES string of the molecule is CC(C)C(C(=O)OC(C#N)c1cccc(Oc2ccccc2)n1)c1scc2ccccc12. The molecule has 2 aromatic carbocycles. The standard InChI is InChI=1S/C26H22N2O3S/c1-17(2)24(25-20-12-7-6-9-18(20)16-32-25)26(29)31-22(15-27)21-13-8-14-23(28-21)30-19-10-4-3-5-11-19/h3-14,16-17,22,24H,1-2H3. The van der Waals surface area contributed by atoms with Crippen molar-refractivity contribution in [3.05, 3.63) is 88.7 Å². The van der Waals surface area contributed by atoms with E-state index in [9.17, 15) is 10.1 Å². The highest BCUT2D eigenvalue weighted by Crippen LogP contribution is 2.37. The van der Waals surface area contributed by atoms with Crippen molar-refractivity contribution in [2.45, 2.75) is 25.9 Å². The summed E-state index contributed by atoms with van der Waals surface area (Å²) >= 11 is 1.54. The molecule has 2 heterocycles. The number of thiophene rings is 1. The van der Waals surface area contributed by atoms with Crippen LogP contribution in [0.15, 0.2) is 78.2 Å². The van der Waals surface area contributed by atoms with Crippen LogP contribution in [0.3, 0.4) is 0 Å². The molecular formula is C26H22N2O3S. The predicted molar refractivity (Wildman–Crippen MR) is 125 cm³/mol. The van der Waals surface area contributed by atoms with Gasteiger partial charge in [0.2, 0.25) is 12.0 Å². The minimum Gasteiger partial charge on any atom is -0.440 e. The molecule has 4 aromatic rings. The van der Waals surface area contributed by atoms with Gasteiger partial charge in [0.1, 0.15) is 11.8 Å². The molecule has 0 aliphatic carbocycles. The van der Waals surface area contributed by atoms with E-state index in [0.717, 1.165) is 15.6 Å². The van der Waals surface area contributed by atoms with Gasteiger partial charge >= 0.3 is 5.97 Å². The summed E-state index contributed by atoms with van der Waals surface area (Å²) in [7, 11) is 0. The van der Waals surface area contributed by atoms with Gasteiger partial charge in [0.15, 0.2) is 0 Å². The van der Waals surface area contributed by atoms with E-state index < -0.39 is 18.0 Å². The lowest BCUT2D eigenvalue weighted by atomic mass is 9.92. The number of hydrogen-bond donors (Lipinski definition) is 0. The number of rotatable bonds is 7. The molecular weight excluding hydrogens is 420 g/mol. The summed E-state index contributed by atoms with van der Waals surface area (Å²) in [4.78, 5) is 18.6. The molecule has 0 radical (unpaired) electrons. The van der Waals surface area contributed by atoms with Crippen LogP contribution in [0.4, 0.5) is 0 Å². The number of carbonyl (C=O) groups excluding carboxylic acids is 1. The number of aromatic nitrogens is 1. The highest BCUT2D eigenvalue weighted by atomic mass is 32.1. The van der Waals surface area contributed by atoms with Gasteiger partial charge < -0.3 is 9.47 Å². The van der Waals surface area contributed by atoms with E-state index in [1.165, 1.54) is 0 Å². The van der Waals surface area contributed by atoms with Gasteiger partial charge in [0.25, 0.3) is 0 Å². The summed E-state index contributed by atoms with van der Waals surface area (Å²) in [6.45, 7) is 3.96. The fourth-order valence-corrected chi connectivity index (χ4v) is 4.81. The molecule has 0 spiro atoms. The zero-order chi connectivity index (χ0) is 22.5. The number of nitrogens with zero attached hydrogens (tertiary/aromatic N) is 2. The third-order valence-electron chi connectivity index (χ3n) is 5.07. The molecule has 0 fully saturated rings. The number of benzene rings is 2. The van der Waals surface area contributed by atoms with Crippen LogP contribution in [0.1, 0.15) is 36.4 Å². The Morgan fingerprint density at radius 1 is 1.00 bits per heavy atom. The van der Waals surface area contributed by atoms with Gasteiger partial charge in [-0.15, -0.1) is 11.3 Å². The molecule has 5 nitrogen and oxygen atoms in total. The minimum atomic E-state index is -1.13. The van der Waals surface area contributed by atoms with Crippen molar-refractivity contribution in [1.29, 1.82) is 5.26 Å². The molecule has 0 bridgehead atoms. The van der Waals surface area contributed by atoms with Gasteiger partial charge in [-0.1, -0.05) is 62.4 Å². The maximum absolute atomic E-state index is 13.2. The highest BCUT2D eigenvalue weighted by molar-refractivity contribution is 7.11. The average Bonchev–Trinajstić information content (AvgIpc) is 3.22. The Morgan fingerprint density at radius 2 is 1.75 bits per heavy atom. The van der Waals surface area contributed by atoms with Crippen LogP contribution in [-0.4, -0.2) is 11.0 Å². The number of ether oxygens (including phenoxy) is 2. The topological polar surface area (TPSA) is 72.2 Å². The van der Waals surface area contributed by atoms with Gasteiger partial charge in [-0.2, -0.15) is 5.26 Å². The van der Waals surface area contributed by atoms with Gasteiger partial charge in [0.05, 0.1) is 11.6 Å². The Labute approximate surface area is 190 Å². The summed E-state index contributed by atoms with van der Waals surface area (Å²) in [5, 5.41) is 13.9. The summed E-state index contributed by atoms with van der Waals surface area (Å²) in [5.74, 6) is 0.0567. The van der Waals surface area contributed by atoms with Crippen molar-refractivity contribution in [1.82, 2.24) is 4.98 Å². The Kier molecular flexibility index (Phi) is 6.48. The van der Waals surface area contributed by atoms with Gasteiger partial charge in [0, 0.05) is 10.9 Å². The smallest absolute Gasteiger partial charge is 0.316 e. The van der Waals surface area contributed by atoms with Crippen LogP contribution in [0.25, 0.3) is 10.8 Å². The second kappa shape index (κ2) is 9.63. The van der Waals surface area contributed by atoms with E-state index in [0.29, 0.717) is 17.3 Å². The first-order valence-corrected chi connectivity index (χ1v) is 11.2. The Bertz CT molecular complexity index is 1260. The molecule has 4 rings (SSSR count). The lowest BCUT2D eigenvalue weighted by Crippen LogP contribution is -2.22. The first kappa shape index (κ1) is 21.5. The molecule has 6 heteroatoms. The lowest BCUT2D eigenvalue weighted by Gasteiger charge is -2.21. The van der Waals surface area contributed by atoms with Crippen molar-refractivity contribution >= 4 is 28.1 Å². The van der Waals surface area contributed by atoms with Gasteiger partial charge in [-0.05, 0) is 40.3 Å². The summed E-state index contributed by atoms with van der Waals surface area (Å²) in [5.41, 5.74) is 0.327. The van der Waals surface area contributed by atoms with Crippen molar-refractivity contribution < 1.29 is 14.3 Å². The maximum Gasteiger partial charge on any atom is 0.316 e. The summed E-state index contributed by atoms with van der Waals surface area (Å²) < 4.78 is 11.4. The molecule has 160 valence electrons. The van der Waals surface area contributed by atoms with Crippen molar-refractivity contribution in [2.75, 3.05) is 0 Å². The molecule has 32 heavy (non-hydrogen) atoms. The third kappa shape index (κ3) is 4.63. The second-order valence-electron chi connectivity index (χ2n) is 7.67. The Balaban J connectivity index is 1.57. The average molecular weight is 443 g/mol. The van der Waals surface area contributed by atoms with E-state index in [-0.39, 0.29) is 5.92 Å². The number of pyridine rings is 1. The van der Waals surface area contributed by atoms with Crippen LogP contribution < -0.4 is 4.74 Å². The molecule has 0 aliphatic heterocycles. The number of para-hydroxylation sites is 1. The van der Waals surface area contributed by atoms with Crippen molar-refractivity contribution in [3.8, 4) is 17.7 Å². The predicted octanol–water partition coefficient (Wildman–Crippen LogP) is 6.64. The fraction of sp³-hybridized carbons (Fsp3) is 0.192. The zero-order valence-corrected chi connectivity index (χ0v) is 18.6. The van der Waals surface area contributed by atoms with Crippen LogP contribution >= 0.6 is 11.3 Å². The van der Waals surface area contributed by atoms with Crippen LogP contribution in [0, 0.1) is 17.2 Å². The van der Waals surface area contributed by atoms with E-state index in [4.69, 9.17) is 9.47 Å². The van der Waals surface area contributed by atoms with E-state index in [1.54, 1.807) is 29.5 Å². The number of nitriles is 1. The number of fused-ring (bicyclic) bond motifs is 1. The van der Waals surface area contributed by atoms with Crippen LogP contribution in [0.5, 0.6) is 11.6 Å². The molecule has 2 atom stereocenters. The zero-order valence-electron chi connectivity index (χ0n) is 17.8. The maximum atomic E-state index is 13.2. The molecule has 0 N–H and O–H groups in total. The monoisotopic (exact) mass is 442 g/mol. The quantitative estimate of drug-likeness (QED) is 0.300. The molecule has 0 saturated heterocycles. The van der Waals surface area contributed by atoms with E-state index in [2.05, 4.69) is 11.1 Å². The number of hydrogen-bond acceptors (Lipinski definition) is 6. The van der Waals surface area contributed by atoms with Gasteiger partial charge in [-0.25, -0.2) is 4.98 Å². The first-order chi connectivity index (χ1) is 15.6. The first-order valence-electron chi connectivity index (χ1n) is 10.3. The minimum absolute atomic E-state index is 0.00427. The van der Waals surface area contributed by atoms with E-state index >= 15 is 0 Å². The fourth-order valence-electron chi connectivity index (χ4n) is 3.52. The van der Waals surface area contributed by atoms with Crippen molar-refractivity contribution in [3.63, 3.8) is 0 Å². The third-order valence-corrected chi connectivity index (χ3v) is 6.17. The Morgan fingerprint density at radius 3 is 2.50 bits per heavy atom. The Hall–Kier alpha value is -3.69. The largest absolute Gasteiger partial charge is 0.440 e. The summed E-state index contributed by atoms with van der Waals surface area (Å²) in [6, 6.07) is 24.4. The number of carbonyl (C=O) groups is 1. The number of esters is 1. The second-order valence-corrected chi connectivity index (χ2v) is 8.58. The highest BCUT2D eigenvalue weighted by Gasteiger charge is 2.31. The summed E-state index contributed by atoms with van der Waals surface area (Å²) in [6.07, 6.45) is -1.13. The van der Waals surface area contributed by atoms with Crippen LogP contribution in [0.2, 0.25) is 0 Å². The van der Waals surface area contributed by atoms with E-state index in [1.807, 2.05) is 73.8 Å². The van der Waals surface area contributed by atoms with Gasteiger partial charge in [-0.3, -0.25) is 4.79 Å². The normalized spacial score (nSPS) is 12.8. The molecule has 2 aromatic heterocycles. The molecule has 2 unspecified atom stereocenters. The van der Waals surface area contributed by atoms with Crippen molar-refractivity contribution in [2.24, 2.45) is 5.92 Å². The lowest BCUT2D eigenvalue weighted by molar-refractivity contribution is -0.150. The van der Waals surface area contributed by atoms with Crippen LogP contribution in [-0.2, 0) is 9.53 Å². The molecule has 0 amide bonds. The molecule has 0 aliphatic rings. The molecule has 0 saturated carbocycles.